The van der Waals surface area contributed by atoms with E-state index in [1.807, 2.05) is 0 Å². The summed E-state index contributed by atoms with van der Waals surface area (Å²) >= 11 is 0. The van der Waals surface area contributed by atoms with Crippen LogP contribution < -0.4 is 0 Å². The van der Waals surface area contributed by atoms with Gasteiger partial charge in [0.2, 0.25) is 0 Å². The minimum Gasteiger partial charge on any atom is -0.155 e. The lowest BCUT2D eigenvalue weighted by Gasteiger charge is -2.29. The summed E-state index contributed by atoms with van der Waals surface area (Å²) in [4.78, 5) is 0. The van der Waals surface area contributed by atoms with Crippen LogP contribution >= 0.6 is 0 Å². The molecule has 0 N–H and O–H groups in total. The zero-order valence-electron chi connectivity index (χ0n) is 20.1. The minimum absolute atomic E-state index is 0.664. The van der Waals surface area contributed by atoms with Gasteiger partial charge in [0.25, 0.3) is 0 Å². The van der Waals surface area contributed by atoms with Gasteiger partial charge in [0.05, 0.1) is 11.4 Å². The summed E-state index contributed by atoms with van der Waals surface area (Å²) in [6.07, 6.45) is 25.1. The van der Waals surface area contributed by atoms with Gasteiger partial charge in [-0.25, -0.2) is 0 Å². The Bertz CT molecular complexity index is 551. The van der Waals surface area contributed by atoms with E-state index in [4.69, 9.17) is 10.2 Å². The number of hydrogen-bond donors (Lipinski definition) is 0. The molecule has 2 fully saturated rings. The number of hydrogen-bond acceptors (Lipinski definition) is 2. The van der Waals surface area contributed by atoms with Gasteiger partial charge in [-0.05, 0) is 75.3 Å². The normalized spacial score (nSPS) is 27.3. The van der Waals surface area contributed by atoms with Crippen LogP contribution in [0.3, 0.4) is 0 Å². The number of nitrogens with zero attached hydrogens (tertiary/aromatic N) is 2. The van der Waals surface area contributed by atoms with Crippen LogP contribution in [-0.2, 0) is 0 Å². The molecule has 3 rings (SSSR count). The third kappa shape index (κ3) is 7.65. The van der Waals surface area contributed by atoms with Gasteiger partial charge in [0, 0.05) is 11.8 Å². The fourth-order valence-electron chi connectivity index (χ4n) is 6.00. The summed E-state index contributed by atoms with van der Waals surface area (Å²) in [6, 6.07) is 4.65. The van der Waals surface area contributed by atoms with Crippen LogP contribution in [0.1, 0.15) is 153 Å². The first kappa shape index (κ1) is 23.7. The molecular formula is C28H48N2. The SMILES string of the molecule is CCCCCCCC1CCC(c2ccc(C3CCC(CCCCC)CC3)nn2)CC1. The van der Waals surface area contributed by atoms with E-state index in [9.17, 15) is 0 Å². The van der Waals surface area contributed by atoms with E-state index in [1.165, 1.54) is 127 Å². The molecular weight excluding hydrogens is 364 g/mol. The van der Waals surface area contributed by atoms with E-state index < -0.39 is 0 Å². The van der Waals surface area contributed by atoms with Crippen molar-refractivity contribution in [3.63, 3.8) is 0 Å². The first-order chi connectivity index (χ1) is 14.8. The average Bonchev–Trinajstić information content (AvgIpc) is 2.80. The maximum Gasteiger partial charge on any atom is 0.0662 e. The third-order valence-electron chi connectivity index (χ3n) is 8.17. The van der Waals surface area contributed by atoms with Crippen molar-refractivity contribution in [1.29, 1.82) is 0 Å². The highest BCUT2D eigenvalue weighted by molar-refractivity contribution is 5.15. The van der Waals surface area contributed by atoms with Gasteiger partial charge in [0.15, 0.2) is 0 Å². The van der Waals surface area contributed by atoms with Crippen LogP contribution in [0.4, 0.5) is 0 Å². The van der Waals surface area contributed by atoms with Crippen molar-refractivity contribution >= 4 is 0 Å². The van der Waals surface area contributed by atoms with E-state index in [2.05, 4.69) is 26.0 Å². The molecule has 170 valence electrons. The van der Waals surface area contributed by atoms with Gasteiger partial charge in [-0.1, -0.05) is 78.1 Å². The maximum absolute atomic E-state index is 4.73. The lowest BCUT2D eigenvalue weighted by molar-refractivity contribution is 0.294. The van der Waals surface area contributed by atoms with Crippen LogP contribution in [0.5, 0.6) is 0 Å². The van der Waals surface area contributed by atoms with Gasteiger partial charge in [-0.15, -0.1) is 0 Å². The second kappa shape index (κ2) is 13.5. The molecule has 2 nitrogen and oxygen atoms in total. The van der Waals surface area contributed by atoms with Gasteiger partial charge in [-0.3, -0.25) is 0 Å². The Balaban J connectivity index is 1.36. The Hall–Kier alpha value is -0.920. The van der Waals surface area contributed by atoms with Crippen molar-refractivity contribution in [3.8, 4) is 0 Å². The molecule has 0 saturated heterocycles. The average molecular weight is 413 g/mol. The highest BCUT2D eigenvalue weighted by Gasteiger charge is 2.25. The zero-order chi connectivity index (χ0) is 21.0. The Morgan fingerprint density at radius 2 is 0.967 bits per heavy atom. The summed E-state index contributed by atoms with van der Waals surface area (Å²) in [5.74, 6) is 3.28. The smallest absolute Gasteiger partial charge is 0.0662 e. The quantitative estimate of drug-likeness (QED) is 0.320. The first-order valence-corrected chi connectivity index (χ1v) is 13.6. The minimum atomic E-state index is 0.664. The summed E-state index contributed by atoms with van der Waals surface area (Å²) in [5.41, 5.74) is 2.54. The van der Waals surface area contributed by atoms with Crippen molar-refractivity contribution in [2.75, 3.05) is 0 Å². The fraction of sp³-hybridized carbons (Fsp3) is 0.857. The second-order valence-corrected chi connectivity index (χ2v) is 10.5. The van der Waals surface area contributed by atoms with Gasteiger partial charge < -0.3 is 0 Å². The van der Waals surface area contributed by atoms with Gasteiger partial charge in [0.1, 0.15) is 0 Å². The number of aromatic nitrogens is 2. The molecule has 30 heavy (non-hydrogen) atoms. The molecule has 0 bridgehead atoms. The summed E-state index contributed by atoms with van der Waals surface area (Å²) in [6.45, 7) is 4.61. The Morgan fingerprint density at radius 3 is 1.40 bits per heavy atom. The standard InChI is InChI=1S/C28H48N2/c1-3-5-7-8-10-12-24-15-19-26(20-16-24)28-22-21-27(29-30-28)25-17-13-23(14-18-25)11-9-6-4-2/h21-26H,3-20H2,1-2H3. The highest BCUT2D eigenvalue weighted by atomic mass is 15.1. The van der Waals surface area contributed by atoms with Gasteiger partial charge >= 0.3 is 0 Å². The molecule has 0 spiro atoms. The zero-order valence-corrected chi connectivity index (χ0v) is 20.1. The summed E-state index contributed by atoms with van der Waals surface area (Å²) in [7, 11) is 0. The van der Waals surface area contributed by atoms with E-state index in [0.717, 1.165) is 11.8 Å². The van der Waals surface area contributed by atoms with Crippen LogP contribution in [-0.4, -0.2) is 10.2 Å². The summed E-state index contributed by atoms with van der Waals surface area (Å²) in [5, 5.41) is 9.45. The Kier molecular flexibility index (Phi) is 10.7. The molecule has 2 aliphatic rings. The Morgan fingerprint density at radius 1 is 0.567 bits per heavy atom. The topological polar surface area (TPSA) is 25.8 Å². The molecule has 1 heterocycles. The van der Waals surface area contributed by atoms with Gasteiger partial charge in [-0.2, -0.15) is 10.2 Å². The van der Waals surface area contributed by atoms with E-state index in [1.54, 1.807) is 0 Å². The maximum atomic E-state index is 4.73. The van der Waals surface area contributed by atoms with Crippen LogP contribution in [0.2, 0.25) is 0 Å². The van der Waals surface area contributed by atoms with Crippen LogP contribution in [0.15, 0.2) is 12.1 Å². The van der Waals surface area contributed by atoms with Crippen molar-refractivity contribution in [2.24, 2.45) is 11.8 Å². The van der Waals surface area contributed by atoms with Crippen molar-refractivity contribution in [2.45, 2.75) is 141 Å². The lowest BCUT2D eigenvalue weighted by atomic mass is 9.77. The number of unbranched alkanes of at least 4 members (excludes halogenated alkanes) is 6. The molecule has 0 unspecified atom stereocenters. The molecule has 1 aromatic heterocycles. The van der Waals surface area contributed by atoms with Crippen molar-refractivity contribution in [3.05, 3.63) is 23.5 Å². The highest BCUT2D eigenvalue weighted by Crippen LogP contribution is 2.39. The summed E-state index contributed by atoms with van der Waals surface area (Å²) < 4.78 is 0. The first-order valence-electron chi connectivity index (χ1n) is 13.6. The molecule has 2 heteroatoms. The molecule has 0 amide bonds. The van der Waals surface area contributed by atoms with Crippen molar-refractivity contribution in [1.82, 2.24) is 10.2 Å². The Labute approximate surface area is 187 Å². The predicted octanol–water partition coefficient (Wildman–Crippen LogP) is 8.97. The molecule has 2 saturated carbocycles. The van der Waals surface area contributed by atoms with Crippen molar-refractivity contribution < 1.29 is 0 Å². The predicted molar refractivity (Wildman–Crippen MR) is 129 cm³/mol. The third-order valence-corrected chi connectivity index (χ3v) is 8.17. The van der Waals surface area contributed by atoms with E-state index in [0.29, 0.717) is 11.8 Å². The second-order valence-electron chi connectivity index (χ2n) is 10.5. The number of rotatable bonds is 12. The molecule has 0 aliphatic heterocycles. The molecule has 1 aromatic rings. The molecule has 2 aliphatic carbocycles. The largest absolute Gasteiger partial charge is 0.155 e. The van der Waals surface area contributed by atoms with E-state index >= 15 is 0 Å². The van der Waals surface area contributed by atoms with Crippen LogP contribution in [0, 0.1) is 11.8 Å². The molecule has 0 atom stereocenters. The fourth-order valence-corrected chi connectivity index (χ4v) is 6.00. The lowest BCUT2D eigenvalue weighted by Crippen LogP contribution is -2.17. The monoisotopic (exact) mass is 412 g/mol. The molecule has 0 radical (unpaired) electrons. The van der Waals surface area contributed by atoms with E-state index in [-0.39, 0.29) is 0 Å². The van der Waals surface area contributed by atoms with Crippen LogP contribution in [0.25, 0.3) is 0 Å². The molecule has 0 aromatic carbocycles.